The van der Waals surface area contributed by atoms with Crippen LogP contribution in [0.25, 0.3) is 0 Å². The van der Waals surface area contributed by atoms with Crippen LogP contribution in [0.4, 0.5) is 4.79 Å². The number of Topliss-reactive ketones (excluding diaryl/α,β-unsaturated/α-hetero) is 1. The van der Waals surface area contributed by atoms with Gasteiger partial charge < -0.3 is 9.64 Å². The highest BCUT2D eigenvalue weighted by Crippen LogP contribution is 2.39. The molecular weight excluding hydrogens is 206 g/mol. The zero-order chi connectivity index (χ0) is 11.9. The van der Waals surface area contributed by atoms with Gasteiger partial charge in [-0.25, -0.2) is 4.79 Å². The number of carbonyl (C=O) groups excluding carboxylic acids is 2. The second kappa shape index (κ2) is 3.92. The van der Waals surface area contributed by atoms with Crippen molar-refractivity contribution >= 4 is 11.9 Å². The number of fused-ring (bicyclic) bond motifs is 2. The monoisotopic (exact) mass is 223 g/mol. The molecule has 88 valence electrons. The van der Waals surface area contributed by atoms with E-state index in [1.807, 2.05) is 6.92 Å². The molecular formula is C12H17NO3. The fourth-order valence-electron chi connectivity index (χ4n) is 2.96. The molecule has 0 spiro atoms. The molecule has 0 N–H and O–H groups in total. The SMILES string of the molecule is COC(=O)N1C[C@@H]2C=C(C)[C@H]1[C@@H](C(C)=O)C2. The number of piperidine rings is 1. The molecule has 1 saturated heterocycles. The second-order valence-corrected chi connectivity index (χ2v) is 4.69. The average molecular weight is 223 g/mol. The number of ether oxygens (including phenoxy) is 1. The van der Waals surface area contributed by atoms with Crippen LogP contribution in [0.15, 0.2) is 11.6 Å². The summed E-state index contributed by atoms with van der Waals surface area (Å²) in [5, 5.41) is 0. The third kappa shape index (κ3) is 1.62. The minimum atomic E-state index is -0.326. The molecule has 4 heteroatoms. The second-order valence-electron chi connectivity index (χ2n) is 4.69. The topological polar surface area (TPSA) is 46.6 Å². The number of amides is 1. The summed E-state index contributed by atoms with van der Waals surface area (Å²) in [6.45, 7) is 4.27. The van der Waals surface area contributed by atoms with E-state index in [0.717, 1.165) is 12.0 Å². The molecule has 3 atom stereocenters. The van der Waals surface area contributed by atoms with Crippen LogP contribution in [0.5, 0.6) is 0 Å². The summed E-state index contributed by atoms with van der Waals surface area (Å²) in [7, 11) is 1.38. The summed E-state index contributed by atoms with van der Waals surface area (Å²) < 4.78 is 4.77. The van der Waals surface area contributed by atoms with Gasteiger partial charge in [0.2, 0.25) is 0 Å². The molecule has 4 nitrogen and oxygen atoms in total. The van der Waals surface area contributed by atoms with E-state index in [2.05, 4.69) is 6.08 Å². The molecule has 1 aliphatic carbocycles. The van der Waals surface area contributed by atoms with E-state index in [-0.39, 0.29) is 23.8 Å². The Hall–Kier alpha value is -1.32. The molecule has 2 aliphatic heterocycles. The van der Waals surface area contributed by atoms with Gasteiger partial charge in [-0.3, -0.25) is 4.79 Å². The molecule has 0 aromatic carbocycles. The summed E-state index contributed by atoms with van der Waals surface area (Å²) >= 11 is 0. The van der Waals surface area contributed by atoms with Gasteiger partial charge in [-0.2, -0.15) is 0 Å². The molecule has 2 heterocycles. The number of hydrogen-bond acceptors (Lipinski definition) is 3. The van der Waals surface area contributed by atoms with E-state index < -0.39 is 0 Å². The molecule has 16 heavy (non-hydrogen) atoms. The van der Waals surface area contributed by atoms with Gasteiger partial charge in [0.25, 0.3) is 0 Å². The van der Waals surface area contributed by atoms with Crippen LogP contribution in [0, 0.1) is 11.8 Å². The maximum absolute atomic E-state index is 11.6. The van der Waals surface area contributed by atoms with Gasteiger partial charge in [0.15, 0.2) is 0 Å². The van der Waals surface area contributed by atoms with Gasteiger partial charge >= 0.3 is 6.09 Å². The van der Waals surface area contributed by atoms with Crippen LogP contribution in [0.3, 0.4) is 0 Å². The van der Waals surface area contributed by atoms with Crippen molar-refractivity contribution in [3.05, 3.63) is 11.6 Å². The third-order valence-electron chi connectivity index (χ3n) is 3.60. The van der Waals surface area contributed by atoms with Gasteiger partial charge in [-0.1, -0.05) is 11.6 Å². The van der Waals surface area contributed by atoms with E-state index in [0.29, 0.717) is 12.5 Å². The Bertz CT molecular complexity index is 361. The van der Waals surface area contributed by atoms with Gasteiger partial charge in [0.05, 0.1) is 13.2 Å². The Morgan fingerprint density at radius 1 is 1.50 bits per heavy atom. The summed E-state index contributed by atoms with van der Waals surface area (Å²) in [4.78, 5) is 24.9. The highest BCUT2D eigenvalue weighted by molar-refractivity contribution is 5.81. The number of carbonyl (C=O) groups is 2. The predicted molar refractivity (Wildman–Crippen MR) is 58.9 cm³/mol. The quantitative estimate of drug-likeness (QED) is 0.634. The average Bonchev–Trinajstić information content (AvgIpc) is 2.27. The lowest BCUT2D eigenvalue weighted by Crippen LogP contribution is -2.56. The largest absolute Gasteiger partial charge is 0.453 e. The summed E-state index contributed by atoms with van der Waals surface area (Å²) in [6.07, 6.45) is 2.72. The van der Waals surface area contributed by atoms with Crippen molar-refractivity contribution < 1.29 is 14.3 Å². The van der Waals surface area contributed by atoms with Crippen molar-refractivity contribution in [1.29, 1.82) is 0 Å². The summed E-state index contributed by atoms with van der Waals surface area (Å²) in [5.41, 5.74) is 1.12. The van der Waals surface area contributed by atoms with Crippen molar-refractivity contribution in [1.82, 2.24) is 4.90 Å². The molecule has 1 fully saturated rings. The van der Waals surface area contributed by atoms with Crippen LogP contribution in [-0.4, -0.2) is 36.5 Å². The molecule has 0 unspecified atom stereocenters. The van der Waals surface area contributed by atoms with Crippen LogP contribution >= 0.6 is 0 Å². The first-order valence-corrected chi connectivity index (χ1v) is 5.58. The van der Waals surface area contributed by atoms with Crippen molar-refractivity contribution in [2.45, 2.75) is 26.3 Å². The maximum atomic E-state index is 11.6. The summed E-state index contributed by atoms with van der Waals surface area (Å²) in [6, 6.07) is -0.0880. The van der Waals surface area contributed by atoms with Crippen molar-refractivity contribution in [2.75, 3.05) is 13.7 Å². The zero-order valence-corrected chi connectivity index (χ0v) is 9.90. The van der Waals surface area contributed by atoms with Crippen LogP contribution in [0.1, 0.15) is 20.3 Å². The van der Waals surface area contributed by atoms with E-state index in [1.165, 1.54) is 7.11 Å². The molecule has 2 bridgehead atoms. The molecule has 0 aromatic heterocycles. The lowest BCUT2D eigenvalue weighted by Gasteiger charge is -2.47. The molecule has 1 amide bonds. The first-order chi connectivity index (χ1) is 7.54. The van der Waals surface area contributed by atoms with Crippen LogP contribution < -0.4 is 0 Å². The number of hydrogen-bond donors (Lipinski definition) is 0. The molecule has 3 rings (SSSR count). The highest BCUT2D eigenvalue weighted by atomic mass is 16.5. The predicted octanol–water partition coefficient (Wildman–Crippen LogP) is 1.61. The fraction of sp³-hybridized carbons (Fsp3) is 0.667. The zero-order valence-electron chi connectivity index (χ0n) is 9.90. The Labute approximate surface area is 95.2 Å². The van der Waals surface area contributed by atoms with Gasteiger partial charge in [0, 0.05) is 12.5 Å². The van der Waals surface area contributed by atoms with Gasteiger partial charge in [0.1, 0.15) is 5.78 Å². The molecule has 3 aliphatic rings. The minimum absolute atomic E-state index is 0.0529. The Morgan fingerprint density at radius 3 is 2.69 bits per heavy atom. The maximum Gasteiger partial charge on any atom is 0.410 e. The standard InChI is InChI=1S/C12H17NO3/c1-7-4-9-5-10(8(2)14)11(7)13(6-9)12(15)16-3/h4,9-11H,5-6H2,1-3H3/t9-,10-,11+/m1/s1. The number of methoxy groups -OCH3 is 1. The normalized spacial score (nSPS) is 32.3. The number of nitrogens with zero attached hydrogens (tertiary/aromatic N) is 1. The number of rotatable bonds is 1. The van der Waals surface area contributed by atoms with Gasteiger partial charge in [-0.05, 0) is 26.2 Å². The third-order valence-corrected chi connectivity index (χ3v) is 3.60. The Morgan fingerprint density at radius 2 is 2.19 bits per heavy atom. The summed E-state index contributed by atoms with van der Waals surface area (Å²) in [5.74, 6) is 0.414. The highest BCUT2D eigenvalue weighted by Gasteiger charge is 2.44. The van der Waals surface area contributed by atoms with E-state index in [9.17, 15) is 9.59 Å². The van der Waals surface area contributed by atoms with E-state index >= 15 is 0 Å². The first kappa shape index (κ1) is 11.2. The first-order valence-electron chi connectivity index (χ1n) is 5.58. The molecule has 0 radical (unpaired) electrons. The molecule has 0 aromatic rings. The van der Waals surface area contributed by atoms with Crippen LogP contribution in [-0.2, 0) is 9.53 Å². The Kier molecular flexibility index (Phi) is 2.74. The smallest absolute Gasteiger partial charge is 0.410 e. The molecule has 0 saturated carbocycles. The van der Waals surface area contributed by atoms with E-state index in [1.54, 1.807) is 11.8 Å². The lowest BCUT2D eigenvalue weighted by molar-refractivity contribution is -0.124. The van der Waals surface area contributed by atoms with Crippen molar-refractivity contribution in [3.8, 4) is 0 Å². The lowest BCUT2D eigenvalue weighted by atomic mass is 9.72. The van der Waals surface area contributed by atoms with E-state index in [4.69, 9.17) is 4.74 Å². The van der Waals surface area contributed by atoms with Crippen LogP contribution in [0.2, 0.25) is 0 Å². The number of ketones is 1. The van der Waals surface area contributed by atoms with Gasteiger partial charge in [-0.15, -0.1) is 0 Å². The fourth-order valence-corrected chi connectivity index (χ4v) is 2.96. The Balaban J connectivity index is 2.30. The van der Waals surface area contributed by atoms with Crippen molar-refractivity contribution in [2.24, 2.45) is 11.8 Å². The van der Waals surface area contributed by atoms with Crippen molar-refractivity contribution in [3.63, 3.8) is 0 Å². The minimum Gasteiger partial charge on any atom is -0.453 e.